The Morgan fingerprint density at radius 3 is 2.39 bits per heavy atom. The molecule has 1 aromatic rings. The molecule has 5 nitrogen and oxygen atoms in total. The second kappa shape index (κ2) is 7.28. The summed E-state index contributed by atoms with van der Waals surface area (Å²) in [5, 5.41) is 8.17. The summed E-state index contributed by atoms with van der Waals surface area (Å²) in [4.78, 5) is 2.30. The molecule has 1 heterocycles. The molecule has 0 saturated carbocycles. The zero-order valence-corrected chi connectivity index (χ0v) is 11.9. The second-order valence-electron chi connectivity index (χ2n) is 4.27. The molecule has 2 N–H and O–H groups in total. The van der Waals surface area contributed by atoms with E-state index in [1.165, 1.54) is 0 Å². The van der Waals surface area contributed by atoms with E-state index >= 15 is 0 Å². The maximum absolute atomic E-state index is 5.75. The van der Waals surface area contributed by atoms with E-state index < -0.39 is 0 Å². The summed E-state index contributed by atoms with van der Waals surface area (Å²) >= 11 is 0. The van der Waals surface area contributed by atoms with Crippen LogP contribution in [0.25, 0.3) is 0 Å². The first kappa shape index (κ1) is 14.9. The molecule has 0 atom stereocenters. The van der Waals surface area contributed by atoms with Crippen LogP contribution in [0.2, 0.25) is 0 Å². The van der Waals surface area contributed by atoms with Crippen LogP contribution in [0.4, 0.5) is 0 Å². The van der Waals surface area contributed by atoms with Crippen molar-refractivity contribution in [3.8, 4) is 5.88 Å². The van der Waals surface area contributed by atoms with E-state index in [0.717, 1.165) is 36.5 Å². The molecule has 0 saturated heterocycles. The number of nitrogens with two attached hydrogens (primary N) is 1. The van der Waals surface area contributed by atoms with Crippen LogP contribution in [0.3, 0.4) is 0 Å². The Bertz CT molecular complexity index is 377. The van der Waals surface area contributed by atoms with Gasteiger partial charge in [-0.15, -0.1) is 5.10 Å². The van der Waals surface area contributed by atoms with Crippen molar-refractivity contribution in [1.82, 2.24) is 15.1 Å². The number of hydrogen-bond donors (Lipinski definition) is 1. The summed E-state index contributed by atoms with van der Waals surface area (Å²) in [5.41, 5.74) is 8.69. The number of ether oxygens (including phenoxy) is 1. The lowest BCUT2D eigenvalue weighted by molar-refractivity contribution is 0.215. The molecule has 0 aromatic carbocycles. The highest BCUT2D eigenvalue weighted by molar-refractivity contribution is 5.34. The van der Waals surface area contributed by atoms with Gasteiger partial charge in [-0.25, -0.2) is 0 Å². The van der Waals surface area contributed by atoms with Crippen molar-refractivity contribution < 1.29 is 4.74 Å². The van der Waals surface area contributed by atoms with E-state index in [1.807, 2.05) is 13.8 Å². The minimum Gasteiger partial charge on any atom is -0.475 e. The van der Waals surface area contributed by atoms with Crippen molar-refractivity contribution in [1.29, 1.82) is 0 Å². The fourth-order valence-electron chi connectivity index (χ4n) is 1.80. The molecule has 0 amide bonds. The topological polar surface area (TPSA) is 64.3 Å². The smallest absolute Gasteiger partial charge is 0.238 e. The molecule has 0 bridgehead atoms. The fourth-order valence-corrected chi connectivity index (χ4v) is 1.80. The quantitative estimate of drug-likeness (QED) is 0.792. The number of aryl methyl sites for hydroxylation is 1. The molecule has 18 heavy (non-hydrogen) atoms. The number of hydrogen-bond acceptors (Lipinski definition) is 5. The van der Waals surface area contributed by atoms with Crippen molar-refractivity contribution >= 4 is 0 Å². The van der Waals surface area contributed by atoms with Gasteiger partial charge in [-0.05, 0) is 32.5 Å². The van der Waals surface area contributed by atoms with Gasteiger partial charge in [0.1, 0.15) is 6.61 Å². The summed E-state index contributed by atoms with van der Waals surface area (Å²) in [5.74, 6) is 0.577. The molecule has 102 valence electrons. The van der Waals surface area contributed by atoms with E-state index in [2.05, 4.69) is 28.9 Å². The van der Waals surface area contributed by atoms with Gasteiger partial charge in [0.25, 0.3) is 0 Å². The average Bonchev–Trinajstić information content (AvgIpc) is 2.39. The molecular formula is C13H24N4O. The summed E-state index contributed by atoms with van der Waals surface area (Å²) in [7, 11) is 0. The lowest BCUT2D eigenvalue weighted by Crippen LogP contribution is -2.28. The third-order valence-electron chi connectivity index (χ3n) is 3.29. The highest BCUT2D eigenvalue weighted by Gasteiger charge is 2.11. The third-order valence-corrected chi connectivity index (χ3v) is 3.29. The standard InChI is InChI=1S/C13H24N4O/c1-5-17(6-2)7-8-18-13-12(9-14)10(3)11(4)15-16-13/h5-9,14H2,1-4H3. The molecule has 0 fully saturated rings. The number of nitrogens with zero attached hydrogens (tertiary/aromatic N) is 3. The second-order valence-corrected chi connectivity index (χ2v) is 4.27. The molecule has 0 aliphatic carbocycles. The molecule has 0 aliphatic rings. The number of likely N-dealkylation sites (N-methyl/N-ethyl adjacent to an activating group) is 1. The van der Waals surface area contributed by atoms with Gasteiger partial charge in [-0.3, -0.25) is 0 Å². The van der Waals surface area contributed by atoms with E-state index in [1.54, 1.807) is 0 Å². The highest BCUT2D eigenvalue weighted by atomic mass is 16.5. The Balaban J connectivity index is 2.65. The van der Waals surface area contributed by atoms with Gasteiger partial charge in [0, 0.05) is 18.7 Å². The molecule has 1 rings (SSSR count). The van der Waals surface area contributed by atoms with Gasteiger partial charge in [-0.1, -0.05) is 13.8 Å². The Morgan fingerprint density at radius 1 is 1.17 bits per heavy atom. The van der Waals surface area contributed by atoms with Crippen LogP contribution in [-0.2, 0) is 6.54 Å². The summed E-state index contributed by atoms with van der Waals surface area (Å²) < 4.78 is 5.70. The van der Waals surface area contributed by atoms with Crippen LogP contribution in [0.5, 0.6) is 5.88 Å². The van der Waals surface area contributed by atoms with Crippen molar-refractivity contribution in [3.05, 3.63) is 16.8 Å². The predicted octanol–water partition coefficient (Wildman–Crippen LogP) is 1.27. The lowest BCUT2D eigenvalue weighted by atomic mass is 10.1. The number of rotatable bonds is 7. The van der Waals surface area contributed by atoms with Gasteiger partial charge < -0.3 is 15.4 Å². The molecule has 0 unspecified atom stereocenters. The van der Waals surface area contributed by atoms with E-state index in [0.29, 0.717) is 19.0 Å². The SMILES string of the molecule is CCN(CC)CCOc1nnc(C)c(C)c1CN. The fraction of sp³-hybridized carbons (Fsp3) is 0.692. The minimum atomic E-state index is 0.433. The molecular weight excluding hydrogens is 228 g/mol. The minimum absolute atomic E-state index is 0.433. The van der Waals surface area contributed by atoms with E-state index in [4.69, 9.17) is 10.5 Å². The normalized spacial score (nSPS) is 11.0. The molecule has 0 aliphatic heterocycles. The number of aromatic nitrogens is 2. The molecule has 0 spiro atoms. The maximum atomic E-state index is 5.75. The Kier molecular flexibility index (Phi) is 6.01. The van der Waals surface area contributed by atoms with Gasteiger partial charge >= 0.3 is 0 Å². The van der Waals surface area contributed by atoms with Gasteiger partial charge in [0.05, 0.1) is 5.69 Å². The van der Waals surface area contributed by atoms with Gasteiger partial charge in [-0.2, -0.15) is 5.10 Å². The van der Waals surface area contributed by atoms with Crippen LogP contribution >= 0.6 is 0 Å². The van der Waals surface area contributed by atoms with Crippen molar-refractivity contribution in [2.45, 2.75) is 34.2 Å². The monoisotopic (exact) mass is 252 g/mol. The first-order chi connectivity index (χ1) is 8.63. The Morgan fingerprint density at radius 2 is 1.83 bits per heavy atom. The summed E-state index contributed by atoms with van der Waals surface area (Å²) in [6.07, 6.45) is 0. The van der Waals surface area contributed by atoms with E-state index in [9.17, 15) is 0 Å². The zero-order valence-electron chi connectivity index (χ0n) is 11.9. The molecule has 5 heteroatoms. The van der Waals surface area contributed by atoms with Gasteiger partial charge in [0.2, 0.25) is 5.88 Å². The van der Waals surface area contributed by atoms with Crippen LogP contribution < -0.4 is 10.5 Å². The van der Waals surface area contributed by atoms with E-state index in [-0.39, 0.29) is 0 Å². The van der Waals surface area contributed by atoms with Crippen LogP contribution in [0.1, 0.15) is 30.7 Å². The first-order valence-corrected chi connectivity index (χ1v) is 6.51. The zero-order chi connectivity index (χ0) is 13.5. The first-order valence-electron chi connectivity index (χ1n) is 6.51. The van der Waals surface area contributed by atoms with Crippen molar-refractivity contribution in [2.75, 3.05) is 26.2 Å². The van der Waals surface area contributed by atoms with Gasteiger partial charge in [0.15, 0.2) is 0 Å². The lowest BCUT2D eigenvalue weighted by Gasteiger charge is -2.18. The van der Waals surface area contributed by atoms with Crippen molar-refractivity contribution in [3.63, 3.8) is 0 Å². The van der Waals surface area contributed by atoms with Crippen LogP contribution in [0, 0.1) is 13.8 Å². The maximum Gasteiger partial charge on any atom is 0.238 e. The Hall–Kier alpha value is -1.20. The summed E-state index contributed by atoms with van der Waals surface area (Å²) in [6, 6.07) is 0. The van der Waals surface area contributed by atoms with Crippen molar-refractivity contribution in [2.24, 2.45) is 5.73 Å². The average molecular weight is 252 g/mol. The largest absolute Gasteiger partial charge is 0.475 e. The Labute approximate surface area is 109 Å². The molecule has 0 radical (unpaired) electrons. The summed E-state index contributed by atoms with van der Waals surface area (Å²) in [6.45, 7) is 12.2. The van der Waals surface area contributed by atoms with Crippen LogP contribution in [0.15, 0.2) is 0 Å². The predicted molar refractivity (Wildman–Crippen MR) is 72.7 cm³/mol. The van der Waals surface area contributed by atoms with Crippen LogP contribution in [-0.4, -0.2) is 41.3 Å². The highest BCUT2D eigenvalue weighted by Crippen LogP contribution is 2.19. The third kappa shape index (κ3) is 3.65. The molecule has 1 aromatic heterocycles.